The zero-order valence-electron chi connectivity index (χ0n) is 17.0. The van der Waals surface area contributed by atoms with E-state index >= 15 is 0 Å². The summed E-state index contributed by atoms with van der Waals surface area (Å²) in [5.41, 5.74) is -0.812. The van der Waals surface area contributed by atoms with Gasteiger partial charge < -0.3 is 19.9 Å². The van der Waals surface area contributed by atoms with Gasteiger partial charge in [0, 0.05) is 31.4 Å². The molecule has 11 heteroatoms. The van der Waals surface area contributed by atoms with Gasteiger partial charge in [0.05, 0.1) is 35.4 Å². The zero-order chi connectivity index (χ0) is 23.0. The first-order valence-electron chi connectivity index (χ1n) is 9.73. The number of H-pyrrole nitrogens is 1. The molecule has 32 heavy (non-hydrogen) atoms. The number of nitrogens with one attached hydrogen (secondary N) is 2. The molecule has 168 valence electrons. The number of nitrogens with zero attached hydrogens (tertiary/aromatic N) is 2. The Balaban J connectivity index is 1.67. The Labute approximate surface area is 185 Å². The Kier molecular flexibility index (Phi) is 5.78. The first-order chi connectivity index (χ1) is 15.1. The van der Waals surface area contributed by atoms with Crippen LogP contribution in [0.25, 0.3) is 10.9 Å². The molecule has 0 bridgehead atoms. The number of carbonyl (C=O) groups is 1. The molecule has 7 nitrogen and oxygen atoms in total. The molecule has 1 saturated heterocycles. The van der Waals surface area contributed by atoms with Crippen LogP contribution in [-0.4, -0.2) is 41.8 Å². The van der Waals surface area contributed by atoms with E-state index in [1.807, 2.05) is 0 Å². The molecule has 1 aromatic heterocycles. The number of hydrogen-bond donors (Lipinski definition) is 2. The summed E-state index contributed by atoms with van der Waals surface area (Å²) >= 11 is 5.08. The molecule has 0 saturated carbocycles. The van der Waals surface area contributed by atoms with E-state index in [4.69, 9.17) is 17.0 Å². The summed E-state index contributed by atoms with van der Waals surface area (Å²) in [6.07, 6.45) is -4.66. The number of halogens is 3. The summed E-state index contributed by atoms with van der Waals surface area (Å²) in [6.45, 7) is 1.85. The van der Waals surface area contributed by atoms with Gasteiger partial charge in [0.2, 0.25) is 0 Å². The summed E-state index contributed by atoms with van der Waals surface area (Å²) in [5, 5.41) is 2.65. The number of carbonyl (C=O) groups excluding carboxylic acids is 1. The molecule has 0 radical (unpaired) electrons. The second kappa shape index (κ2) is 8.40. The number of alkyl halides is 3. The summed E-state index contributed by atoms with van der Waals surface area (Å²) in [4.78, 5) is 29.7. The molecule has 1 fully saturated rings. The number of morpholine rings is 1. The van der Waals surface area contributed by atoms with Crippen LogP contribution >= 0.6 is 12.2 Å². The highest BCUT2D eigenvalue weighted by Gasteiger charge is 2.35. The van der Waals surface area contributed by atoms with Crippen LogP contribution in [0.1, 0.15) is 15.9 Å². The predicted octanol–water partition coefficient (Wildman–Crippen LogP) is 3.70. The Morgan fingerprint density at radius 2 is 1.88 bits per heavy atom. The maximum absolute atomic E-state index is 13.7. The van der Waals surface area contributed by atoms with Crippen LogP contribution in [0.2, 0.25) is 0 Å². The van der Waals surface area contributed by atoms with Crippen LogP contribution in [0.4, 0.5) is 24.5 Å². The minimum Gasteiger partial charge on any atom is -0.378 e. The molecule has 1 aliphatic rings. The molecule has 0 spiro atoms. The molecule has 2 N–H and O–H groups in total. The highest BCUT2D eigenvalue weighted by molar-refractivity contribution is 7.71. The lowest BCUT2D eigenvalue weighted by molar-refractivity contribution is -0.136. The quantitative estimate of drug-likeness (QED) is 0.578. The molecule has 1 aliphatic heterocycles. The standard InChI is InChI=1S/C21H19F3N4O3S/c1-27-19(30)14-4-2-12(10-17(14)26-20(27)32)18(29)25-16-5-3-13(11-15(16)21(22,23)24)28-6-8-31-9-7-28/h2-5,10-11H,6-9H2,1H3,(H,25,29)(H,26,32). The number of rotatable bonds is 3. The molecule has 3 aromatic rings. The fraction of sp³-hybridized carbons (Fsp3) is 0.286. The van der Waals surface area contributed by atoms with Crippen molar-refractivity contribution in [1.29, 1.82) is 0 Å². The lowest BCUT2D eigenvalue weighted by atomic mass is 10.1. The lowest BCUT2D eigenvalue weighted by Crippen LogP contribution is -2.36. The smallest absolute Gasteiger partial charge is 0.378 e. The van der Waals surface area contributed by atoms with Crippen LogP contribution in [0.5, 0.6) is 0 Å². The molecule has 0 atom stereocenters. The average molecular weight is 464 g/mol. The third-order valence-corrected chi connectivity index (χ3v) is 5.67. The molecule has 0 unspecified atom stereocenters. The van der Waals surface area contributed by atoms with E-state index in [9.17, 15) is 22.8 Å². The summed E-state index contributed by atoms with van der Waals surface area (Å²) in [5.74, 6) is -0.739. The average Bonchev–Trinajstić information content (AvgIpc) is 2.77. The van der Waals surface area contributed by atoms with Crippen molar-refractivity contribution in [3.05, 3.63) is 62.6 Å². The van der Waals surface area contributed by atoms with Crippen molar-refractivity contribution in [2.24, 2.45) is 7.05 Å². The Morgan fingerprint density at radius 1 is 1.16 bits per heavy atom. The number of hydrogen-bond acceptors (Lipinski definition) is 5. The third-order valence-electron chi connectivity index (χ3n) is 5.30. The normalized spacial score (nSPS) is 14.6. The summed E-state index contributed by atoms with van der Waals surface area (Å²) in [6, 6.07) is 8.02. The fourth-order valence-electron chi connectivity index (χ4n) is 3.54. The number of aromatic nitrogens is 2. The van der Waals surface area contributed by atoms with Crippen molar-refractivity contribution < 1.29 is 22.7 Å². The van der Waals surface area contributed by atoms with Crippen molar-refractivity contribution in [1.82, 2.24) is 9.55 Å². The van der Waals surface area contributed by atoms with Gasteiger partial charge in [-0.25, -0.2) is 0 Å². The molecule has 2 aromatic carbocycles. The van der Waals surface area contributed by atoms with Gasteiger partial charge in [0.1, 0.15) is 0 Å². The molecule has 4 rings (SSSR count). The fourth-order valence-corrected chi connectivity index (χ4v) is 3.73. The van der Waals surface area contributed by atoms with Crippen LogP contribution in [-0.2, 0) is 18.0 Å². The Hall–Kier alpha value is -3.18. The van der Waals surface area contributed by atoms with Gasteiger partial charge in [-0.05, 0) is 48.6 Å². The molecular weight excluding hydrogens is 445 g/mol. The van der Waals surface area contributed by atoms with Gasteiger partial charge in [0.15, 0.2) is 4.77 Å². The zero-order valence-corrected chi connectivity index (χ0v) is 17.8. The monoisotopic (exact) mass is 464 g/mol. The van der Waals surface area contributed by atoms with Crippen LogP contribution < -0.4 is 15.8 Å². The van der Waals surface area contributed by atoms with Gasteiger partial charge in [-0.2, -0.15) is 13.2 Å². The highest BCUT2D eigenvalue weighted by Crippen LogP contribution is 2.37. The number of benzene rings is 2. The number of fused-ring (bicyclic) bond motifs is 1. The van der Waals surface area contributed by atoms with E-state index in [0.29, 0.717) is 42.9 Å². The molecular formula is C21H19F3N4O3S. The van der Waals surface area contributed by atoms with Gasteiger partial charge in [-0.1, -0.05) is 0 Å². The number of aromatic amines is 1. The van der Waals surface area contributed by atoms with E-state index in [0.717, 1.165) is 6.07 Å². The first-order valence-corrected chi connectivity index (χ1v) is 10.1. The second-order valence-corrected chi connectivity index (χ2v) is 7.72. The Bertz CT molecular complexity index is 1310. The lowest BCUT2D eigenvalue weighted by Gasteiger charge is -2.29. The van der Waals surface area contributed by atoms with E-state index in [1.54, 1.807) is 4.90 Å². The van der Waals surface area contributed by atoms with Gasteiger partial charge >= 0.3 is 6.18 Å². The summed E-state index contributed by atoms with van der Waals surface area (Å²) in [7, 11) is 1.51. The number of ether oxygens (including phenoxy) is 1. The number of anilines is 2. The third kappa shape index (κ3) is 4.26. The van der Waals surface area contributed by atoms with Gasteiger partial charge in [-0.15, -0.1) is 0 Å². The largest absolute Gasteiger partial charge is 0.418 e. The minimum atomic E-state index is -4.66. The maximum Gasteiger partial charge on any atom is 0.418 e. The van der Waals surface area contributed by atoms with E-state index in [-0.39, 0.29) is 21.6 Å². The molecule has 2 heterocycles. The molecule has 1 amide bonds. The topological polar surface area (TPSA) is 79.4 Å². The van der Waals surface area contributed by atoms with Gasteiger partial charge in [-0.3, -0.25) is 14.2 Å². The maximum atomic E-state index is 13.7. The first kappa shape index (κ1) is 22.0. The van der Waals surface area contributed by atoms with Crippen molar-refractivity contribution in [3.63, 3.8) is 0 Å². The van der Waals surface area contributed by atoms with E-state index in [1.165, 1.54) is 41.9 Å². The number of amides is 1. The Morgan fingerprint density at radius 3 is 2.56 bits per heavy atom. The van der Waals surface area contributed by atoms with E-state index < -0.39 is 17.6 Å². The SMILES string of the molecule is Cn1c(=S)[nH]c2cc(C(=O)Nc3ccc(N4CCOCC4)cc3C(F)(F)F)ccc2c1=O. The van der Waals surface area contributed by atoms with E-state index in [2.05, 4.69) is 10.3 Å². The highest BCUT2D eigenvalue weighted by atomic mass is 32.1. The van der Waals surface area contributed by atoms with Crippen LogP contribution in [0, 0.1) is 4.77 Å². The van der Waals surface area contributed by atoms with Gasteiger partial charge in [0.25, 0.3) is 11.5 Å². The minimum absolute atomic E-state index is 0.0850. The van der Waals surface area contributed by atoms with Crippen molar-refractivity contribution in [3.8, 4) is 0 Å². The van der Waals surface area contributed by atoms with Crippen molar-refractivity contribution in [2.45, 2.75) is 6.18 Å². The second-order valence-electron chi connectivity index (χ2n) is 7.34. The van der Waals surface area contributed by atoms with Crippen LogP contribution in [0.15, 0.2) is 41.2 Å². The van der Waals surface area contributed by atoms with Crippen molar-refractivity contribution >= 4 is 40.4 Å². The summed E-state index contributed by atoms with van der Waals surface area (Å²) < 4.78 is 47.9. The molecule has 0 aliphatic carbocycles. The predicted molar refractivity (Wildman–Crippen MR) is 117 cm³/mol. The van der Waals surface area contributed by atoms with Crippen LogP contribution in [0.3, 0.4) is 0 Å². The van der Waals surface area contributed by atoms with Crippen molar-refractivity contribution in [2.75, 3.05) is 36.5 Å².